The zero-order valence-electron chi connectivity index (χ0n) is 10.5. The summed E-state index contributed by atoms with van der Waals surface area (Å²) >= 11 is 19.3. The minimum Gasteiger partial charge on any atom is -0.289 e. The largest absolute Gasteiger partial charge is 0.289 e. The van der Waals surface area contributed by atoms with Crippen LogP contribution >= 0.6 is 46.1 Å². The van der Waals surface area contributed by atoms with E-state index in [0.29, 0.717) is 4.96 Å². The number of carbonyl (C=O) groups excluding carboxylic acids is 1. The first-order valence-electron chi connectivity index (χ1n) is 5.73. The highest BCUT2D eigenvalue weighted by Gasteiger charge is 2.19. The van der Waals surface area contributed by atoms with Gasteiger partial charge in [-0.15, -0.1) is 16.4 Å². The standard InChI is InChI=1S/C12H7Cl3N4OS/c1-5-4-21-12-17-11(18-19(5)12)16-10(20)8-6(13)2-3-7(14)9(8)15/h2-4H,1H3,(H,16,18,20). The van der Waals surface area contributed by atoms with Gasteiger partial charge < -0.3 is 0 Å². The van der Waals surface area contributed by atoms with Gasteiger partial charge in [0.25, 0.3) is 11.9 Å². The average molecular weight is 362 g/mol. The summed E-state index contributed by atoms with van der Waals surface area (Å²) in [5, 5.41) is 9.23. The zero-order chi connectivity index (χ0) is 15.1. The molecule has 3 rings (SSSR count). The van der Waals surface area contributed by atoms with Crippen LogP contribution in [0.25, 0.3) is 4.96 Å². The molecule has 0 radical (unpaired) electrons. The first-order chi connectivity index (χ1) is 9.97. The molecule has 0 fully saturated rings. The quantitative estimate of drug-likeness (QED) is 0.692. The molecule has 2 aromatic heterocycles. The molecular weight excluding hydrogens is 355 g/mol. The van der Waals surface area contributed by atoms with E-state index >= 15 is 0 Å². The van der Waals surface area contributed by atoms with Gasteiger partial charge in [-0.2, -0.15) is 4.98 Å². The highest BCUT2D eigenvalue weighted by Crippen LogP contribution is 2.31. The number of amides is 1. The number of hydrogen-bond acceptors (Lipinski definition) is 4. The molecule has 5 nitrogen and oxygen atoms in total. The molecule has 9 heteroatoms. The fraction of sp³-hybridized carbons (Fsp3) is 0.0833. The van der Waals surface area contributed by atoms with Crippen LogP contribution in [0.1, 0.15) is 16.1 Å². The van der Waals surface area contributed by atoms with Gasteiger partial charge in [0.1, 0.15) is 0 Å². The number of rotatable bonds is 2. The van der Waals surface area contributed by atoms with Gasteiger partial charge in [0.05, 0.1) is 26.3 Å². The van der Waals surface area contributed by atoms with Crippen LogP contribution in [0.4, 0.5) is 5.95 Å². The molecule has 1 amide bonds. The predicted molar refractivity (Wildman–Crippen MR) is 85.0 cm³/mol. The molecule has 0 saturated heterocycles. The van der Waals surface area contributed by atoms with Crippen molar-refractivity contribution >= 4 is 63.0 Å². The van der Waals surface area contributed by atoms with E-state index < -0.39 is 5.91 Å². The number of carbonyl (C=O) groups is 1. The topological polar surface area (TPSA) is 59.3 Å². The van der Waals surface area contributed by atoms with Crippen molar-refractivity contribution in [2.24, 2.45) is 0 Å². The van der Waals surface area contributed by atoms with Crippen LogP contribution in [-0.4, -0.2) is 20.5 Å². The van der Waals surface area contributed by atoms with Crippen LogP contribution in [0.3, 0.4) is 0 Å². The second-order valence-electron chi connectivity index (χ2n) is 4.18. The molecule has 0 atom stereocenters. The van der Waals surface area contributed by atoms with Crippen LogP contribution in [0.2, 0.25) is 15.1 Å². The molecule has 0 aliphatic carbocycles. The van der Waals surface area contributed by atoms with E-state index in [4.69, 9.17) is 34.8 Å². The molecule has 3 aromatic rings. The third-order valence-electron chi connectivity index (χ3n) is 2.74. The summed E-state index contributed by atoms with van der Waals surface area (Å²) in [6.07, 6.45) is 0. The van der Waals surface area contributed by atoms with Gasteiger partial charge in [0.2, 0.25) is 4.96 Å². The minimum atomic E-state index is -0.511. The molecule has 1 aromatic carbocycles. The van der Waals surface area contributed by atoms with E-state index in [1.807, 2.05) is 12.3 Å². The molecule has 0 bridgehead atoms. The predicted octanol–water partition coefficient (Wildman–Crippen LogP) is 4.31. The summed E-state index contributed by atoms with van der Waals surface area (Å²) in [6, 6.07) is 3.03. The fourth-order valence-electron chi connectivity index (χ4n) is 1.74. The average Bonchev–Trinajstić information content (AvgIpc) is 2.97. The Morgan fingerprint density at radius 3 is 2.71 bits per heavy atom. The Labute approximate surface area is 138 Å². The molecule has 0 aliphatic heterocycles. The Morgan fingerprint density at radius 1 is 1.29 bits per heavy atom. The molecule has 0 saturated carbocycles. The van der Waals surface area contributed by atoms with Gasteiger partial charge in [-0.3, -0.25) is 10.1 Å². The maximum absolute atomic E-state index is 12.3. The van der Waals surface area contributed by atoms with Crippen molar-refractivity contribution in [1.82, 2.24) is 14.6 Å². The molecule has 2 heterocycles. The Bertz CT molecular complexity index is 858. The van der Waals surface area contributed by atoms with Crippen molar-refractivity contribution in [3.63, 3.8) is 0 Å². The smallest absolute Gasteiger partial charge is 0.261 e. The maximum Gasteiger partial charge on any atom is 0.261 e. The van der Waals surface area contributed by atoms with Crippen molar-refractivity contribution in [2.75, 3.05) is 5.32 Å². The van der Waals surface area contributed by atoms with Crippen LogP contribution in [0.5, 0.6) is 0 Å². The van der Waals surface area contributed by atoms with E-state index in [-0.39, 0.29) is 26.6 Å². The van der Waals surface area contributed by atoms with E-state index in [1.54, 1.807) is 4.52 Å². The number of hydrogen-bond donors (Lipinski definition) is 1. The van der Waals surface area contributed by atoms with Crippen molar-refractivity contribution in [2.45, 2.75) is 6.92 Å². The summed E-state index contributed by atoms with van der Waals surface area (Å²) in [4.78, 5) is 17.2. The lowest BCUT2D eigenvalue weighted by Gasteiger charge is -2.07. The van der Waals surface area contributed by atoms with E-state index in [9.17, 15) is 4.79 Å². The Kier molecular flexibility index (Phi) is 3.79. The third kappa shape index (κ3) is 2.60. The van der Waals surface area contributed by atoms with Crippen molar-refractivity contribution in [3.8, 4) is 0 Å². The summed E-state index contributed by atoms with van der Waals surface area (Å²) in [6.45, 7) is 1.90. The van der Waals surface area contributed by atoms with Crippen molar-refractivity contribution in [1.29, 1.82) is 0 Å². The summed E-state index contributed by atoms with van der Waals surface area (Å²) in [7, 11) is 0. The number of aryl methyl sites for hydroxylation is 1. The Morgan fingerprint density at radius 2 is 2.00 bits per heavy atom. The lowest BCUT2D eigenvalue weighted by Crippen LogP contribution is -2.14. The summed E-state index contributed by atoms with van der Waals surface area (Å²) in [5.41, 5.74) is 1.03. The van der Waals surface area contributed by atoms with Crippen molar-refractivity contribution in [3.05, 3.63) is 43.8 Å². The first-order valence-corrected chi connectivity index (χ1v) is 7.74. The molecular formula is C12H7Cl3N4OS. The molecule has 1 N–H and O–H groups in total. The van der Waals surface area contributed by atoms with Gasteiger partial charge in [-0.1, -0.05) is 34.8 Å². The number of fused-ring (bicyclic) bond motifs is 1. The molecule has 0 spiro atoms. The van der Waals surface area contributed by atoms with Crippen LogP contribution in [-0.2, 0) is 0 Å². The van der Waals surface area contributed by atoms with E-state index in [2.05, 4.69) is 15.4 Å². The van der Waals surface area contributed by atoms with Gasteiger partial charge in [-0.05, 0) is 19.1 Å². The number of aromatic nitrogens is 3. The highest BCUT2D eigenvalue weighted by molar-refractivity contribution is 7.15. The lowest BCUT2D eigenvalue weighted by atomic mass is 10.2. The highest BCUT2D eigenvalue weighted by atomic mass is 35.5. The van der Waals surface area contributed by atoms with Gasteiger partial charge in [0, 0.05) is 5.38 Å². The van der Waals surface area contributed by atoms with Crippen LogP contribution < -0.4 is 5.32 Å². The summed E-state index contributed by atoms with van der Waals surface area (Å²) in [5.74, 6) is -0.328. The number of nitrogens with one attached hydrogen (secondary N) is 1. The number of thiazole rings is 1. The molecule has 108 valence electrons. The van der Waals surface area contributed by atoms with Gasteiger partial charge in [0.15, 0.2) is 0 Å². The second kappa shape index (κ2) is 5.46. The first kappa shape index (κ1) is 14.6. The van der Waals surface area contributed by atoms with E-state index in [0.717, 1.165) is 5.69 Å². The van der Waals surface area contributed by atoms with Crippen LogP contribution in [0, 0.1) is 6.92 Å². The maximum atomic E-state index is 12.3. The van der Waals surface area contributed by atoms with E-state index in [1.165, 1.54) is 23.5 Å². The normalized spacial score (nSPS) is 11.0. The fourth-order valence-corrected chi connectivity index (χ4v) is 3.24. The number of halogens is 3. The second-order valence-corrected chi connectivity index (χ2v) is 6.21. The number of nitrogens with zero attached hydrogens (tertiary/aromatic N) is 3. The number of anilines is 1. The monoisotopic (exact) mass is 360 g/mol. The molecule has 21 heavy (non-hydrogen) atoms. The SMILES string of the molecule is Cc1csc2nc(NC(=O)c3c(Cl)ccc(Cl)c3Cl)nn12. The Balaban J connectivity index is 1.94. The van der Waals surface area contributed by atoms with Gasteiger partial charge in [-0.25, -0.2) is 4.52 Å². The zero-order valence-corrected chi connectivity index (χ0v) is 13.6. The van der Waals surface area contributed by atoms with Crippen molar-refractivity contribution < 1.29 is 4.79 Å². The lowest BCUT2D eigenvalue weighted by molar-refractivity contribution is 0.102. The summed E-state index contributed by atoms with van der Waals surface area (Å²) < 4.78 is 1.64. The minimum absolute atomic E-state index is 0.0962. The van der Waals surface area contributed by atoms with Crippen LogP contribution in [0.15, 0.2) is 17.5 Å². The van der Waals surface area contributed by atoms with Gasteiger partial charge >= 0.3 is 0 Å². The third-order valence-corrected chi connectivity index (χ3v) is 4.80. The molecule has 0 unspecified atom stereocenters. The number of benzene rings is 1. The Hall–Kier alpha value is -1.34. The molecule has 0 aliphatic rings.